The van der Waals surface area contributed by atoms with Crippen LogP contribution in [0.4, 0.5) is 5.95 Å². The van der Waals surface area contributed by atoms with Gasteiger partial charge in [-0.3, -0.25) is 15.2 Å². The van der Waals surface area contributed by atoms with Crippen molar-refractivity contribution >= 4 is 22.8 Å². The van der Waals surface area contributed by atoms with E-state index < -0.39 is 0 Å². The Morgan fingerprint density at radius 1 is 1.11 bits per heavy atom. The summed E-state index contributed by atoms with van der Waals surface area (Å²) in [6.07, 6.45) is 0.924. The van der Waals surface area contributed by atoms with Gasteiger partial charge in [-0.25, -0.2) is 9.97 Å². The number of guanidine groups is 1. The molecule has 0 saturated carbocycles. The van der Waals surface area contributed by atoms with Crippen LogP contribution in [-0.4, -0.2) is 41.0 Å². The van der Waals surface area contributed by atoms with E-state index in [1.807, 2.05) is 37.3 Å². The molecule has 1 heterocycles. The first kappa shape index (κ1) is 19.8. The standard InChI is InChI=1S/C22H28N6/c1-16-19-12-7-8-13-20(19)26-22(25-16)27-21(23)24-14-9-15-28(3)17(2)18-10-5-4-6-11-18/h4-8,10-13,17H,9,14-15H2,1-3H3,(H3,23,24,25,26,27)/t17-/m1/s1. The average Bonchev–Trinajstić information content (AvgIpc) is 2.71. The lowest BCUT2D eigenvalue weighted by Crippen LogP contribution is -2.26. The Hall–Kier alpha value is -2.99. The minimum absolute atomic E-state index is 0.341. The van der Waals surface area contributed by atoms with Crippen molar-refractivity contribution in [3.63, 3.8) is 0 Å². The van der Waals surface area contributed by atoms with Gasteiger partial charge in [-0.05, 0) is 38.9 Å². The van der Waals surface area contributed by atoms with Gasteiger partial charge in [-0.15, -0.1) is 0 Å². The molecule has 3 N–H and O–H groups in total. The molecule has 28 heavy (non-hydrogen) atoms. The molecule has 0 saturated heterocycles. The van der Waals surface area contributed by atoms with Gasteiger partial charge in [0.15, 0.2) is 5.96 Å². The van der Waals surface area contributed by atoms with Crippen LogP contribution in [0.25, 0.3) is 10.9 Å². The molecule has 3 aromatic rings. The number of hydrogen-bond donors (Lipinski definition) is 2. The molecule has 1 atom stereocenters. The maximum atomic E-state index is 6.01. The number of anilines is 1. The van der Waals surface area contributed by atoms with E-state index in [4.69, 9.17) is 5.73 Å². The number of nitrogens with one attached hydrogen (secondary N) is 1. The van der Waals surface area contributed by atoms with Gasteiger partial charge in [0.2, 0.25) is 5.95 Å². The second-order valence-electron chi connectivity index (χ2n) is 6.96. The van der Waals surface area contributed by atoms with Crippen LogP contribution in [0.1, 0.15) is 30.6 Å². The first-order valence-corrected chi connectivity index (χ1v) is 9.60. The Morgan fingerprint density at radius 3 is 2.61 bits per heavy atom. The van der Waals surface area contributed by atoms with E-state index in [-0.39, 0.29) is 0 Å². The lowest BCUT2D eigenvalue weighted by molar-refractivity contribution is 0.260. The van der Waals surface area contributed by atoms with Crippen molar-refractivity contribution in [2.24, 2.45) is 10.7 Å². The van der Waals surface area contributed by atoms with E-state index in [2.05, 4.69) is 63.4 Å². The summed E-state index contributed by atoms with van der Waals surface area (Å²) in [7, 11) is 2.13. The first-order valence-electron chi connectivity index (χ1n) is 9.60. The third-order valence-electron chi connectivity index (χ3n) is 4.93. The molecule has 0 aliphatic carbocycles. The van der Waals surface area contributed by atoms with Crippen LogP contribution in [-0.2, 0) is 0 Å². The maximum absolute atomic E-state index is 6.01. The van der Waals surface area contributed by atoms with Crippen molar-refractivity contribution in [3.8, 4) is 0 Å². The van der Waals surface area contributed by atoms with Gasteiger partial charge < -0.3 is 5.73 Å². The van der Waals surface area contributed by atoms with E-state index in [0.717, 1.165) is 29.6 Å². The number of para-hydroxylation sites is 1. The third kappa shape index (κ3) is 5.04. The summed E-state index contributed by atoms with van der Waals surface area (Å²) in [5.41, 5.74) is 9.14. The van der Waals surface area contributed by atoms with Crippen LogP contribution >= 0.6 is 0 Å². The van der Waals surface area contributed by atoms with E-state index in [9.17, 15) is 0 Å². The van der Waals surface area contributed by atoms with Gasteiger partial charge in [-0.1, -0.05) is 48.5 Å². The van der Waals surface area contributed by atoms with E-state index in [1.54, 1.807) is 0 Å². The highest BCUT2D eigenvalue weighted by Crippen LogP contribution is 2.18. The fourth-order valence-electron chi connectivity index (χ4n) is 3.14. The van der Waals surface area contributed by atoms with Gasteiger partial charge in [0.1, 0.15) is 0 Å². The Morgan fingerprint density at radius 2 is 1.82 bits per heavy atom. The van der Waals surface area contributed by atoms with Gasteiger partial charge in [-0.2, -0.15) is 0 Å². The molecule has 6 heteroatoms. The Labute approximate surface area is 166 Å². The number of nitrogens with zero attached hydrogens (tertiary/aromatic N) is 4. The van der Waals surface area contributed by atoms with Crippen LogP contribution in [0.2, 0.25) is 0 Å². The zero-order valence-corrected chi connectivity index (χ0v) is 16.8. The molecule has 3 rings (SSSR count). The molecular formula is C22H28N6. The van der Waals surface area contributed by atoms with Crippen molar-refractivity contribution in [1.29, 1.82) is 0 Å². The lowest BCUT2D eigenvalue weighted by Gasteiger charge is -2.24. The smallest absolute Gasteiger partial charge is 0.230 e. The highest BCUT2D eigenvalue weighted by atomic mass is 15.2. The minimum atomic E-state index is 0.341. The molecule has 0 bridgehead atoms. The monoisotopic (exact) mass is 376 g/mol. The second kappa shape index (κ2) is 9.28. The number of benzene rings is 2. The summed E-state index contributed by atoms with van der Waals surface area (Å²) in [6, 6.07) is 18.8. The summed E-state index contributed by atoms with van der Waals surface area (Å²) in [5, 5.41) is 4.04. The Bertz CT molecular complexity index is 938. The zero-order chi connectivity index (χ0) is 19.9. The zero-order valence-electron chi connectivity index (χ0n) is 16.8. The molecule has 0 radical (unpaired) electrons. The number of nitrogens with two attached hydrogens (primary N) is 1. The van der Waals surface area contributed by atoms with E-state index >= 15 is 0 Å². The number of aryl methyl sites for hydroxylation is 1. The minimum Gasteiger partial charge on any atom is -0.370 e. The topological polar surface area (TPSA) is 79.4 Å². The van der Waals surface area contributed by atoms with Crippen LogP contribution in [0.5, 0.6) is 0 Å². The summed E-state index contributed by atoms with van der Waals surface area (Å²) >= 11 is 0. The quantitative estimate of drug-likeness (QED) is 0.373. The number of rotatable bonds is 7. The number of fused-ring (bicyclic) bond motifs is 1. The van der Waals surface area contributed by atoms with Crippen molar-refractivity contribution in [2.75, 3.05) is 25.5 Å². The van der Waals surface area contributed by atoms with Gasteiger partial charge in [0.05, 0.1) is 11.2 Å². The molecule has 6 nitrogen and oxygen atoms in total. The summed E-state index contributed by atoms with van der Waals surface area (Å²) < 4.78 is 0. The fraction of sp³-hybridized carbons (Fsp3) is 0.318. The molecule has 0 fully saturated rings. The third-order valence-corrected chi connectivity index (χ3v) is 4.93. The van der Waals surface area contributed by atoms with Gasteiger partial charge in [0, 0.05) is 24.5 Å². The molecular weight excluding hydrogens is 348 g/mol. The molecule has 2 aromatic carbocycles. The molecule has 0 unspecified atom stereocenters. The molecule has 0 aliphatic heterocycles. The summed E-state index contributed by atoms with van der Waals surface area (Å²) in [5.74, 6) is 0.820. The number of aromatic nitrogens is 2. The molecule has 0 amide bonds. The van der Waals surface area contributed by atoms with Crippen molar-refractivity contribution in [3.05, 3.63) is 65.9 Å². The van der Waals surface area contributed by atoms with Gasteiger partial charge in [0.25, 0.3) is 0 Å². The van der Waals surface area contributed by atoms with Crippen LogP contribution in [0, 0.1) is 6.92 Å². The largest absolute Gasteiger partial charge is 0.370 e. The normalized spacial score (nSPS) is 13.1. The number of hydrogen-bond acceptors (Lipinski definition) is 4. The Balaban J connectivity index is 1.51. The van der Waals surface area contributed by atoms with Crippen LogP contribution in [0.3, 0.4) is 0 Å². The molecule has 0 spiro atoms. The van der Waals surface area contributed by atoms with Crippen molar-refractivity contribution in [1.82, 2.24) is 14.9 Å². The second-order valence-corrected chi connectivity index (χ2v) is 6.96. The molecule has 146 valence electrons. The summed E-state index contributed by atoms with van der Waals surface area (Å²) in [4.78, 5) is 15.7. The van der Waals surface area contributed by atoms with Crippen molar-refractivity contribution in [2.45, 2.75) is 26.3 Å². The summed E-state index contributed by atoms with van der Waals surface area (Å²) in [6.45, 7) is 5.77. The van der Waals surface area contributed by atoms with Crippen molar-refractivity contribution < 1.29 is 0 Å². The lowest BCUT2D eigenvalue weighted by atomic mass is 10.1. The molecule has 1 aromatic heterocycles. The number of aliphatic imine (C=N–C) groups is 1. The highest BCUT2D eigenvalue weighted by molar-refractivity contribution is 5.92. The predicted octanol–water partition coefficient (Wildman–Crippen LogP) is 3.75. The van der Waals surface area contributed by atoms with Gasteiger partial charge >= 0.3 is 0 Å². The fourth-order valence-corrected chi connectivity index (χ4v) is 3.14. The predicted molar refractivity (Wildman–Crippen MR) is 116 cm³/mol. The average molecular weight is 377 g/mol. The molecule has 0 aliphatic rings. The van der Waals surface area contributed by atoms with E-state index in [1.165, 1.54) is 5.56 Å². The van der Waals surface area contributed by atoms with Crippen LogP contribution in [0.15, 0.2) is 59.6 Å². The highest BCUT2D eigenvalue weighted by Gasteiger charge is 2.10. The Kier molecular flexibility index (Phi) is 6.55. The maximum Gasteiger partial charge on any atom is 0.230 e. The van der Waals surface area contributed by atoms with Crippen LogP contribution < -0.4 is 11.1 Å². The first-order chi connectivity index (χ1) is 13.5. The van der Waals surface area contributed by atoms with E-state index in [0.29, 0.717) is 24.5 Å². The SMILES string of the molecule is Cc1nc(NC(N)=NCCCN(C)[C@H](C)c2ccccc2)nc2ccccc12.